The van der Waals surface area contributed by atoms with E-state index in [1.165, 1.54) is 45.9 Å². The Morgan fingerprint density at radius 2 is 1.16 bits per heavy atom. The monoisotopic (exact) mass is 942 g/mol. The van der Waals surface area contributed by atoms with Crippen molar-refractivity contribution in [3.05, 3.63) is 94.5 Å². The molecule has 0 aliphatic carbocycles. The molecule has 0 spiro atoms. The highest BCUT2D eigenvalue weighted by Crippen LogP contribution is 2.19. The molecule has 346 valence electrons. The minimum atomic E-state index is -1.23. The lowest BCUT2D eigenvalue weighted by Gasteiger charge is -2.23. The van der Waals surface area contributed by atoms with Crippen LogP contribution in [-0.2, 0) is 57.6 Å². The molecule has 0 aromatic heterocycles. The van der Waals surface area contributed by atoms with Crippen LogP contribution in [0.4, 0.5) is 0 Å². The highest BCUT2D eigenvalue weighted by Gasteiger charge is 2.28. The zero-order valence-corrected chi connectivity index (χ0v) is 37.6. The second kappa shape index (κ2) is 28.8. The molecule has 0 saturated heterocycles. The van der Waals surface area contributed by atoms with Gasteiger partial charge in [0.05, 0.1) is 25.7 Å². The van der Waals surface area contributed by atoms with Crippen LogP contribution >= 0.6 is 33.2 Å². The number of aromatic hydroxyl groups is 2. The van der Waals surface area contributed by atoms with Crippen molar-refractivity contribution in [3.8, 4) is 11.5 Å². The minimum absolute atomic E-state index is 0.0120. The SMILES string of the molecule is CSSCC(NC(=O)CCc1ccc(Cl)cc1)C(=O)NC(Cc1ccc(O)cc1)C(=O)NCC(=O)NC(CCCCN)C(=O)NCC(=O)NCC(=O)NC(C=O)Cc1ccc(O)cc1. The second-order valence-electron chi connectivity index (χ2n) is 14.4. The molecule has 4 unspecified atom stereocenters. The van der Waals surface area contributed by atoms with E-state index in [4.69, 9.17) is 17.3 Å². The van der Waals surface area contributed by atoms with Crippen LogP contribution in [0.5, 0.6) is 11.5 Å². The van der Waals surface area contributed by atoms with Gasteiger partial charge in [-0.05, 0) is 98.0 Å². The topological polar surface area (TPSA) is 287 Å². The van der Waals surface area contributed by atoms with E-state index >= 15 is 0 Å². The molecule has 0 aliphatic heterocycles. The van der Waals surface area contributed by atoms with Gasteiger partial charge in [0.1, 0.15) is 35.9 Å². The van der Waals surface area contributed by atoms with E-state index in [1.807, 2.05) is 6.26 Å². The van der Waals surface area contributed by atoms with Crippen molar-refractivity contribution in [2.24, 2.45) is 5.73 Å². The molecular weight excluding hydrogens is 888 g/mol. The van der Waals surface area contributed by atoms with Crippen LogP contribution in [0.15, 0.2) is 72.8 Å². The summed E-state index contributed by atoms with van der Waals surface area (Å²) in [5.41, 5.74) is 7.77. The van der Waals surface area contributed by atoms with Gasteiger partial charge in [-0.1, -0.05) is 69.6 Å². The number of nitrogens with one attached hydrogen (secondary N) is 7. The highest BCUT2D eigenvalue weighted by atomic mass is 35.5. The summed E-state index contributed by atoms with van der Waals surface area (Å²) in [5.74, 6) is -4.39. The highest BCUT2D eigenvalue weighted by molar-refractivity contribution is 8.76. The zero-order chi connectivity index (χ0) is 46.9. The van der Waals surface area contributed by atoms with E-state index in [-0.39, 0.29) is 48.8 Å². The maximum atomic E-state index is 13.7. The molecule has 0 fully saturated rings. The number of nitrogens with two attached hydrogens (primary N) is 1. The standard InChI is InChI=1S/C43H55ClN8O10S2/c1-63-64-26-36(51-37(56)18-11-27-5-12-30(44)13-6-27)43(62)52-35(21-29-9-16-33(55)17-10-29)42(61)48-24-40(59)50-34(4-2-3-19-45)41(60)47-22-38(57)46-23-39(58)49-31(25-53)20-28-7-14-32(54)15-8-28/h5-10,12-17,25,31,34-36,54-55H,2-4,11,18-24,26,45H2,1H3,(H,46,57)(H,47,60)(H,48,61)(H,49,58)(H,50,59)(H,51,56)(H,52,62). The summed E-state index contributed by atoms with van der Waals surface area (Å²) in [4.78, 5) is 103. The van der Waals surface area contributed by atoms with E-state index in [9.17, 15) is 48.6 Å². The number of phenolic OH excluding ortho intramolecular Hbond substituents is 2. The van der Waals surface area contributed by atoms with Gasteiger partial charge < -0.3 is 58.0 Å². The van der Waals surface area contributed by atoms with Gasteiger partial charge in [-0.3, -0.25) is 33.6 Å². The van der Waals surface area contributed by atoms with E-state index in [0.29, 0.717) is 48.2 Å². The van der Waals surface area contributed by atoms with Crippen LogP contribution in [0.2, 0.25) is 5.02 Å². The fourth-order valence-corrected chi connectivity index (χ4v) is 7.40. The summed E-state index contributed by atoms with van der Waals surface area (Å²) in [6.45, 7) is -1.31. The van der Waals surface area contributed by atoms with Crippen molar-refractivity contribution in [1.29, 1.82) is 0 Å². The molecule has 0 radical (unpaired) electrons. The van der Waals surface area contributed by atoms with Crippen LogP contribution in [-0.4, -0.2) is 120 Å². The van der Waals surface area contributed by atoms with Crippen molar-refractivity contribution in [1.82, 2.24) is 37.2 Å². The molecule has 3 rings (SSSR count). The Kier molecular flexibility index (Phi) is 23.6. The molecule has 0 bridgehead atoms. The molecule has 7 amide bonds. The van der Waals surface area contributed by atoms with Crippen LogP contribution in [0.25, 0.3) is 0 Å². The largest absolute Gasteiger partial charge is 0.508 e. The smallest absolute Gasteiger partial charge is 0.244 e. The number of rotatable bonds is 28. The molecule has 18 nitrogen and oxygen atoms in total. The number of benzene rings is 3. The summed E-state index contributed by atoms with van der Waals surface area (Å²) >= 11 is 5.96. The molecule has 3 aromatic rings. The normalized spacial score (nSPS) is 12.6. The van der Waals surface area contributed by atoms with Crippen molar-refractivity contribution in [2.45, 2.75) is 69.1 Å². The van der Waals surface area contributed by atoms with E-state index in [1.54, 1.807) is 48.5 Å². The summed E-state index contributed by atoms with van der Waals surface area (Å²) in [6.07, 6.45) is 4.07. The van der Waals surface area contributed by atoms with Crippen molar-refractivity contribution in [3.63, 3.8) is 0 Å². The summed E-state index contributed by atoms with van der Waals surface area (Å²) in [7, 11) is 2.73. The lowest BCUT2D eigenvalue weighted by molar-refractivity contribution is -0.133. The first-order valence-corrected chi connectivity index (χ1v) is 23.4. The summed E-state index contributed by atoms with van der Waals surface area (Å²) in [5, 5.41) is 37.6. The zero-order valence-electron chi connectivity index (χ0n) is 35.2. The maximum absolute atomic E-state index is 13.7. The van der Waals surface area contributed by atoms with Crippen molar-refractivity contribution in [2.75, 3.05) is 38.2 Å². The average Bonchev–Trinajstić information content (AvgIpc) is 3.28. The quantitative estimate of drug-likeness (QED) is 0.0274. The summed E-state index contributed by atoms with van der Waals surface area (Å²) < 4.78 is 0. The fraction of sp³-hybridized carbons (Fsp3) is 0.395. The van der Waals surface area contributed by atoms with Crippen molar-refractivity contribution >= 4 is 80.8 Å². The Hall–Kier alpha value is -5.83. The summed E-state index contributed by atoms with van der Waals surface area (Å²) in [6, 6.07) is 14.8. The predicted molar refractivity (Wildman–Crippen MR) is 245 cm³/mol. The van der Waals surface area contributed by atoms with Gasteiger partial charge in [0.15, 0.2) is 0 Å². The van der Waals surface area contributed by atoms with Gasteiger partial charge in [0, 0.05) is 23.6 Å². The maximum Gasteiger partial charge on any atom is 0.244 e. The molecule has 4 atom stereocenters. The number of unbranched alkanes of at least 4 members (excludes halogenated alkanes) is 1. The van der Waals surface area contributed by atoms with Gasteiger partial charge in [-0.15, -0.1) is 0 Å². The van der Waals surface area contributed by atoms with Gasteiger partial charge in [0.2, 0.25) is 41.4 Å². The van der Waals surface area contributed by atoms with Gasteiger partial charge >= 0.3 is 0 Å². The van der Waals surface area contributed by atoms with Crippen LogP contribution in [0, 0.1) is 0 Å². The van der Waals surface area contributed by atoms with E-state index in [2.05, 4.69) is 37.2 Å². The molecule has 0 saturated carbocycles. The van der Waals surface area contributed by atoms with Crippen LogP contribution in [0.3, 0.4) is 0 Å². The third kappa shape index (κ3) is 20.6. The first kappa shape index (κ1) is 52.5. The molecule has 0 aliphatic rings. The molecule has 0 heterocycles. The Bertz CT molecular complexity index is 2010. The Morgan fingerprint density at radius 3 is 1.75 bits per heavy atom. The average molecular weight is 944 g/mol. The third-order valence-corrected chi connectivity index (χ3v) is 11.4. The number of phenols is 2. The number of amides is 7. The fourth-order valence-electron chi connectivity index (χ4n) is 5.95. The molecule has 64 heavy (non-hydrogen) atoms. The van der Waals surface area contributed by atoms with Crippen molar-refractivity contribution < 1.29 is 48.6 Å². The van der Waals surface area contributed by atoms with E-state index in [0.717, 1.165) is 5.56 Å². The number of hydrogen-bond donors (Lipinski definition) is 10. The van der Waals surface area contributed by atoms with Gasteiger partial charge in [-0.25, -0.2) is 0 Å². The minimum Gasteiger partial charge on any atom is -0.508 e. The molecular formula is C43H55ClN8O10S2. The Morgan fingerprint density at radius 1 is 0.625 bits per heavy atom. The number of hydrogen-bond acceptors (Lipinski definition) is 13. The van der Waals surface area contributed by atoms with Crippen LogP contribution < -0.4 is 43.0 Å². The molecule has 21 heteroatoms. The lowest BCUT2D eigenvalue weighted by atomic mass is 10.0. The van der Waals surface area contributed by atoms with E-state index < -0.39 is 79.2 Å². The number of carbonyl (C=O) groups is 8. The lowest BCUT2D eigenvalue weighted by Crippen LogP contribution is -2.56. The predicted octanol–water partition coefficient (Wildman–Crippen LogP) is 0.796. The molecule has 3 aromatic carbocycles. The first-order chi connectivity index (χ1) is 30.7. The van der Waals surface area contributed by atoms with Gasteiger partial charge in [0.25, 0.3) is 0 Å². The van der Waals surface area contributed by atoms with Crippen LogP contribution in [0.1, 0.15) is 42.4 Å². The Balaban J connectivity index is 1.58. The number of aryl methyl sites for hydroxylation is 1. The second-order valence-corrected chi connectivity index (χ2v) is 17.5. The third-order valence-electron chi connectivity index (χ3n) is 9.36. The van der Waals surface area contributed by atoms with Gasteiger partial charge in [-0.2, -0.15) is 0 Å². The number of carbonyl (C=O) groups excluding carboxylic acids is 8. The number of halogens is 1. The first-order valence-electron chi connectivity index (χ1n) is 20.3. The molecule has 11 N–H and O–H groups in total. The Labute approximate surface area is 384 Å². The number of aldehydes is 1.